The summed E-state index contributed by atoms with van der Waals surface area (Å²) >= 11 is 0. The zero-order valence-corrected chi connectivity index (χ0v) is 8.63. The second-order valence-corrected chi connectivity index (χ2v) is 4.50. The highest BCUT2D eigenvalue weighted by Gasteiger charge is 2.52. The van der Waals surface area contributed by atoms with E-state index in [1.807, 2.05) is 0 Å². The minimum atomic E-state index is -2.60. The minimum Gasteiger partial charge on any atom is -0.469 e. The van der Waals surface area contributed by atoms with Gasteiger partial charge in [0.2, 0.25) is 0 Å². The highest BCUT2D eigenvalue weighted by molar-refractivity contribution is 5.69. The van der Waals surface area contributed by atoms with E-state index in [4.69, 9.17) is 0 Å². The summed E-state index contributed by atoms with van der Waals surface area (Å²) in [7, 11) is 1.33. The number of methoxy groups -OCH3 is 1. The summed E-state index contributed by atoms with van der Waals surface area (Å²) in [6.45, 7) is 0. The molecule has 2 rings (SSSR count). The van der Waals surface area contributed by atoms with Crippen LogP contribution < -0.4 is 5.32 Å². The van der Waals surface area contributed by atoms with Crippen molar-refractivity contribution in [1.29, 1.82) is 0 Å². The molecular formula is C10H15F2NO2. The predicted octanol–water partition coefficient (Wildman–Crippen LogP) is 1.33. The van der Waals surface area contributed by atoms with Crippen LogP contribution in [-0.4, -0.2) is 31.1 Å². The summed E-state index contributed by atoms with van der Waals surface area (Å²) in [6, 6.07) is -0.876. The Kier molecular flexibility index (Phi) is 2.66. The molecule has 1 N–H and O–H groups in total. The zero-order chi connectivity index (χ0) is 11.1. The van der Waals surface area contributed by atoms with Crippen molar-refractivity contribution in [2.45, 2.75) is 43.7 Å². The Bertz CT molecular complexity index is 270. The summed E-state index contributed by atoms with van der Waals surface area (Å²) in [4.78, 5) is 11.0. The highest BCUT2D eigenvalue weighted by atomic mass is 19.3. The molecule has 2 aliphatic heterocycles. The van der Waals surface area contributed by atoms with Crippen molar-refractivity contribution >= 4 is 5.97 Å². The Hall–Kier alpha value is -0.710. The number of halogens is 2. The molecular weight excluding hydrogens is 204 g/mol. The molecule has 2 heterocycles. The number of carbonyl (C=O) groups is 1. The van der Waals surface area contributed by atoms with Crippen molar-refractivity contribution < 1.29 is 18.3 Å². The summed E-state index contributed by atoms with van der Waals surface area (Å²) in [5.74, 6) is -2.86. The zero-order valence-electron chi connectivity index (χ0n) is 8.63. The Morgan fingerprint density at radius 1 is 1.53 bits per heavy atom. The van der Waals surface area contributed by atoms with Gasteiger partial charge in [-0.15, -0.1) is 0 Å². The molecule has 15 heavy (non-hydrogen) atoms. The first-order chi connectivity index (χ1) is 7.01. The number of alkyl halides is 2. The van der Waals surface area contributed by atoms with E-state index in [1.165, 1.54) is 7.11 Å². The Labute approximate surface area is 87.2 Å². The fraction of sp³-hybridized carbons (Fsp3) is 0.900. The van der Waals surface area contributed by atoms with Crippen molar-refractivity contribution in [1.82, 2.24) is 5.32 Å². The van der Waals surface area contributed by atoms with Gasteiger partial charge in [-0.1, -0.05) is 0 Å². The molecule has 0 radical (unpaired) electrons. The molecule has 0 aromatic carbocycles. The number of hydrogen-bond acceptors (Lipinski definition) is 3. The first-order valence-electron chi connectivity index (χ1n) is 5.22. The van der Waals surface area contributed by atoms with E-state index in [0.29, 0.717) is 12.8 Å². The molecule has 5 heteroatoms. The molecule has 0 aromatic heterocycles. The number of esters is 1. The van der Waals surface area contributed by atoms with Gasteiger partial charge >= 0.3 is 5.97 Å². The summed E-state index contributed by atoms with van der Waals surface area (Å²) in [5, 5.41) is 2.90. The van der Waals surface area contributed by atoms with Crippen molar-refractivity contribution in [3.05, 3.63) is 0 Å². The Morgan fingerprint density at radius 3 is 2.87 bits per heavy atom. The molecule has 3 atom stereocenters. The fourth-order valence-electron chi connectivity index (χ4n) is 2.65. The lowest BCUT2D eigenvalue weighted by Crippen LogP contribution is -2.43. The lowest BCUT2D eigenvalue weighted by atomic mass is 9.89. The summed E-state index contributed by atoms with van der Waals surface area (Å²) in [5.41, 5.74) is 0. The molecule has 3 nitrogen and oxygen atoms in total. The predicted molar refractivity (Wildman–Crippen MR) is 49.6 cm³/mol. The molecule has 2 bridgehead atoms. The van der Waals surface area contributed by atoms with Crippen LogP contribution in [0.2, 0.25) is 0 Å². The van der Waals surface area contributed by atoms with E-state index in [-0.39, 0.29) is 30.8 Å². The maximum atomic E-state index is 13.3. The number of carbonyl (C=O) groups excluding carboxylic acids is 1. The molecule has 2 fully saturated rings. The van der Waals surface area contributed by atoms with Crippen LogP contribution >= 0.6 is 0 Å². The number of rotatable bonds is 2. The third kappa shape index (κ3) is 2.12. The quantitative estimate of drug-likeness (QED) is 0.712. The second kappa shape index (κ2) is 3.70. The SMILES string of the molecule is COC(=O)CC1CC2CC(F)(F)C(C1)N2. The van der Waals surface area contributed by atoms with E-state index in [2.05, 4.69) is 10.1 Å². The summed E-state index contributed by atoms with van der Waals surface area (Å²) < 4.78 is 31.2. The smallest absolute Gasteiger partial charge is 0.305 e. The van der Waals surface area contributed by atoms with Crippen molar-refractivity contribution in [3.8, 4) is 0 Å². The number of ether oxygens (including phenoxy) is 1. The third-order valence-electron chi connectivity index (χ3n) is 3.34. The molecule has 0 aromatic rings. The lowest BCUT2D eigenvalue weighted by Gasteiger charge is -2.28. The molecule has 2 aliphatic rings. The van der Waals surface area contributed by atoms with Gasteiger partial charge in [-0.25, -0.2) is 8.78 Å². The van der Waals surface area contributed by atoms with E-state index < -0.39 is 12.0 Å². The van der Waals surface area contributed by atoms with Crippen LogP contribution in [0.25, 0.3) is 0 Å². The van der Waals surface area contributed by atoms with Crippen molar-refractivity contribution in [2.24, 2.45) is 5.92 Å². The van der Waals surface area contributed by atoms with E-state index >= 15 is 0 Å². The molecule has 3 unspecified atom stereocenters. The van der Waals surface area contributed by atoms with Gasteiger partial charge in [-0.3, -0.25) is 4.79 Å². The van der Waals surface area contributed by atoms with Crippen LogP contribution in [-0.2, 0) is 9.53 Å². The average Bonchev–Trinajstić information content (AvgIpc) is 2.35. The van der Waals surface area contributed by atoms with Crippen LogP contribution in [0.5, 0.6) is 0 Å². The standard InChI is InChI=1S/C10H15F2NO2/c1-15-9(14)4-6-2-7-5-10(11,12)8(3-6)13-7/h6-8,13H,2-5H2,1H3. The minimum absolute atomic E-state index is 0.0436. The average molecular weight is 219 g/mol. The van der Waals surface area contributed by atoms with E-state index in [0.717, 1.165) is 0 Å². The Balaban J connectivity index is 1.95. The molecule has 86 valence electrons. The van der Waals surface area contributed by atoms with Gasteiger partial charge in [0.15, 0.2) is 0 Å². The molecule has 0 saturated carbocycles. The van der Waals surface area contributed by atoms with Gasteiger partial charge in [0.25, 0.3) is 5.92 Å². The largest absolute Gasteiger partial charge is 0.469 e. The molecule has 2 saturated heterocycles. The monoisotopic (exact) mass is 219 g/mol. The van der Waals surface area contributed by atoms with E-state index in [9.17, 15) is 13.6 Å². The lowest BCUT2D eigenvalue weighted by molar-refractivity contribution is -0.142. The normalized spacial score (nSPS) is 37.7. The van der Waals surface area contributed by atoms with Gasteiger partial charge in [0.05, 0.1) is 13.2 Å². The van der Waals surface area contributed by atoms with Crippen molar-refractivity contribution in [2.75, 3.05) is 7.11 Å². The van der Waals surface area contributed by atoms with Crippen LogP contribution in [0.1, 0.15) is 25.7 Å². The third-order valence-corrected chi connectivity index (χ3v) is 3.34. The first kappa shape index (κ1) is 10.8. The molecule has 0 aliphatic carbocycles. The molecule has 0 amide bonds. The summed E-state index contributed by atoms with van der Waals surface area (Å²) in [6.07, 6.45) is 1.20. The number of hydrogen-bond donors (Lipinski definition) is 1. The van der Waals surface area contributed by atoms with Gasteiger partial charge in [0, 0.05) is 18.9 Å². The number of nitrogens with one attached hydrogen (secondary N) is 1. The number of piperidine rings is 1. The van der Waals surface area contributed by atoms with Gasteiger partial charge in [-0.05, 0) is 18.8 Å². The fourth-order valence-corrected chi connectivity index (χ4v) is 2.65. The van der Waals surface area contributed by atoms with Crippen LogP contribution in [0.3, 0.4) is 0 Å². The maximum Gasteiger partial charge on any atom is 0.305 e. The van der Waals surface area contributed by atoms with Crippen LogP contribution in [0, 0.1) is 5.92 Å². The van der Waals surface area contributed by atoms with E-state index in [1.54, 1.807) is 0 Å². The van der Waals surface area contributed by atoms with Gasteiger partial charge in [-0.2, -0.15) is 0 Å². The van der Waals surface area contributed by atoms with Crippen molar-refractivity contribution in [3.63, 3.8) is 0 Å². The van der Waals surface area contributed by atoms with Gasteiger partial charge < -0.3 is 10.1 Å². The molecule has 0 spiro atoms. The topological polar surface area (TPSA) is 38.3 Å². The van der Waals surface area contributed by atoms with Crippen LogP contribution in [0.15, 0.2) is 0 Å². The maximum absolute atomic E-state index is 13.3. The van der Waals surface area contributed by atoms with Crippen LogP contribution in [0.4, 0.5) is 8.78 Å². The Morgan fingerprint density at radius 2 is 2.27 bits per heavy atom. The highest BCUT2D eigenvalue weighted by Crippen LogP contribution is 2.42. The number of fused-ring (bicyclic) bond motifs is 2. The van der Waals surface area contributed by atoms with Gasteiger partial charge in [0.1, 0.15) is 0 Å². The first-order valence-corrected chi connectivity index (χ1v) is 5.22. The second-order valence-electron chi connectivity index (χ2n) is 4.50.